The first-order valence-corrected chi connectivity index (χ1v) is 6.54. The number of rotatable bonds is 9. The van der Waals surface area contributed by atoms with Crippen LogP contribution in [0.3, 0.4) is 0 Å². The molecule has 6 nitrogen and oxygen atoms in total. The maximum Gasteiger partial charge on any atom is 0.371 e. The van der Waals surface area contributed by atoms with Gasteiger partial charge in [0.05, 0.1) is 13.2 Å². The van der Waals surface area contributed by atoms with E-state index in [1.54, 1.807) is 27.2 Å². The summed E-state index contributed by atoms with van der Waals surface area (Å²) in [4.78, 5) is 13.1. The fraction of sp³-hybridized carbons (Fsp3) is 0.643. The third-order valence-electron chi connectivity index (χ3n) is 3.22. The maximum atomic E-state index is 10.9. The number of furan rings is 1. The molecule has 0 spiro atoms. The molecule has 1 heterocycles. The molecular formula is C14H23NO5. The van der Waals surface area contributed by atoms with Crippen molar-refractivity contribution in [3.63, 3.8) is 0 Å². The van der Waals surface area contributed by atoms with Gasteiger partial charge in [0.2, 0.25) is 5.76 Å². The molecule has 1 N–H and O–H groups in total. The maximum absolute atomic E-state index is 10.9. The van der Waals surface area contributed by atoms with Gasteiger partial charge in [-0.15, -0.1) is 0 Å². The van der Waals surface area contributed by atoms with E-state index in [-0.39, 0.29) is 11.8 Å². The van der Waals surface area contributed by atoms with Crippen LogP contribution in [0.15, 0.2) is 10.5 Å². The number of nitrogens with zero attached hydrogens (tertiary/aromatic N) is 1. The molecule has 1 rings (SSSR count). The summed E-state index contributed by atoms with van der Waals surface area (Å²) in [6.07, 6.45) is 0. The van der Waals surface area contributed by atoms with Crippen LogP contribution in [0, 0.1) is 6.92 Å². The van der Waals surface area contributed by atoms with Gasteiger partial charge in [-0.2, -0.15) is 0 Å². The Balaban J connectivity index is 2.79. The summed E-state index contributed by atoms with van der Waals surface area (Å²) < 4.78 is 15.5. The number of hydrogen-bond acceptors (Lipinski definition) is 5. The lowest BCUT2D eigenvalue weighted by Gasteiger charge is -2.28. The highest BCUT2D eigenvalue weighted by molar-refractivity contribution is 5.84. The second-order valence-corrected chi connectivity index (χ2v) is 4.76. The van der Waals surface area contributed by atoms with Gasteiger partial charge >= 0.3 is 5.97 Å². The quantitative estimate of drug-likeness (QED) is 0.745. The van der Waals surface area contributed by atoms with Crippen LogP contribution in [0.1, 0.15) is 28.8 Å². The molecule has 0 saturated carbocycles. The highest BCUT2D eigenvalue weighted by Crippen LogP contribution is 2.18. The van der Waals surface area contributed by atoms with E-state index in [2.05, 4.69) is 11.8 Å². The van der Waals surface area contributed by atoms with Crippen LogP contribution in [0.25, 0.3) is 0 Å². The summed E-state index contributed by atoms with van der Waals surface area (Å²) in [6.45, 7) is 6.40. The van der Waals surface area contributed by atoms with Gasteiger partial charge in [-0.05, 0) is 19.9 Å². The average molecular weight is 285 g/mol. The zero-order chi connectivity index (χ0) is 15.1. The Hall–Kier alpha value is -1.37. The molecule has 1 atom stereocenters. The Morgan fingerprint density at radius 3 is 2.65 bits per heavy atom. The van der Waals surface area contributed by atoms with Gasteiger partial charge in [-0.1, -0.05) is 0 Å². The SMILES string of the molecule is COCCN(Cc1cc(C(=O)O)oc1C)C(C)COC. The van der Waals surface area contributed by atoms with Crippen molar-refractivity contribution >= 4 is 5.97 Å². The normalized spacial score (nSPS) is 12.8. The smallest absolute Gasteiger partial charge is 0.371 e. The molecule has 20 heavy (non-hydrogen) atoms. The van der Waals surface area contributed by atoms with E-state index < -0.39 is 5.97 Å². The Bertz CT molecular complexity index is 429. The number of hydrogen-bond donors (Lipinski definition) is 1. The van der Waals surface area contributed by atoms with Crippen LogP contribution in [-0.2, 0) is 16.0 Å². The molecular weight excluding hydrogens is 262 g/mol. The van der Waals surface area contributed by atoms with Crippen LogP contribution >= 0.6 is 0 Å². The molecule has 0 radical (unpaired) electrons. The summed E-state index contributed by atoms with van der Waals surface area (Å²) in [5, 5.41) is 8.94. The van der Waals surface area contributed by atoms with Crippen molar-refractivity contribution in [3.8, 4) is 0 Å². The van der Waals surface area contributed by atoms with Gasteiger partial charge in [0.15, 0.2) is 0 Å². The number of ether oxygens (including phenoxy) is 2. The van der Waals surface area contributed by atoms with Crippen molar-refractivity contribution < 1.29 is 23.8 Å². The molecule has 0 aliphatic carbocycles. The predicted molar refractivity (Wildman–Crippen MR) is 74.0 cm³/mol. The number of aryl methyl sites for hydroxylation is 1. The second-order valence-electron chi connectivity index (χ2n) is 4.76. The third-order valence-corrected chi connectivity index (χ3v) is 3.22. The Morgan fingerprint density at radius 1 is 1.45 bits per heavy atom. The van der Waals surface area contributed by atoms with Gasteiger partial charge in [0.1, 0.15) is 5.76 Å². The first-order chi connectivity index (χ1) is 9.49. The molecule has 6 heteroatoms. The van der Waals surface area contributed by atoms with Gasteiger partial charge in [-0.25, -0.2) is 4.79 Å². The molecule has 1 aromatic rings. The van der Waals surface area contributed by atoms with E-state index in [9.17, 15) is 4.79 Å². The molecule has 0 aliphatic rings. The lowest BCUT2D eigenvalue weighted by Crippen LogP contribution is -2.38. The van der Waals surface area contributed by atoms with Crippen molar-refractivity contribution in [2.45, 2.75) is 26.4 Å². The lowest BCUT2D eigenvalue weighted by atomic mass is 10.2. The van der Waals surface area contributed by atoms with Gasteiger partial charge < -0.3 is 19.0 Å². The van der Waals surface area contributed by atoms with E-state index in [1.807, 2.05) is 0 Å². The fourth-order valence-corrected chi connectivity index (χ4v) is 2.01. The van der Waals surface area contributed by atoms with Gasteiger partial charge in [0, 0.05) is 38.9 Å². The number of carboxylic acids is 1. The lowest BCUT2D eigenvalue weighted by molar-refractivity contribution is 0.0661. The molecule has 1 unspecified atom stereocenters. The van der Waals surface area contributed by atoms with Crippen LogP contribution in [-0.4, -0.2) is 56.0 Å². The minimum Gasteiger partial charge on any atom is -0.475 e. The molecule has 0 saturated heterocycles. The van der Waals surface area contributed by atoms with Crippen LogP contribution < -0.4 is 0 Å². The van der Waals surface area contributed by atoms with Gasteiger partial charge in [0.25, 0.3) is 0 Å². The van der Waals surface area contributed by atoms with Crippen molar-refractivity contribution in [3.05, 3.63) is 23.2 Å². The van der Waals surface area contributed by atoms with Crippen molar-refractivity contribution in [2.24, 2.45) is 0 Å². The summed E-state index contributed by atoms with van der Waals surface area (Å²) in [6, 6.07) is 1.79. The Labute approximate surface area is 119 Å². The van der Waals surface area contributed by atoms with E-state index in [0.29, 0.717) is 25.5 Å². The topological polar surface area (TPSA) is 72.1 Å². The summed E-state index contributed by atoms with van der Waals surface area (Å²) in [5.74, 6) is -0.439. The highest BCUT2D eigenvalue weighted by Gasteiger charge is 2.19. The number of carboxylic acid groups (broad SMARTS) is 1. The van der Waals surface area contributed by atoms with Gasteiger partial charge in [-0.3, -0.25) is 4.90 Å². The van der Waals surface area contributed by atoms with E-state index in [1.165, 1.54) is 0 Å². The molecule has 0 amide bonds. The van der Waals surface area contributed by atoms with Crippen molar-refractivity contribution in [2.75, 3.05) is 34.0 Å². The standard InChI is InChI=1S/C14H23NO5/c1-10(9-19-4)15(5-6-18-3)8-12-7-13(14(16)17)20-11(12)2/h7,10H,5-6,8-9H2,1-4H3,(H,16,17). The van der Waals surface area contributed by atoms with Crippen LogP contribution in [0.4, 0.5) is 0 Å². The molecule has 0 aliphatic heterocycles. The van der Waals surface area contributed by atoms with Crippen molar-refractivity contribution in [1.82, 2.24) is 4.90 Å². The van der Waals surface area contributed by atoms with E-state index in [0.717, 1.165) is 12.1 Å². The summed E-state index contributed by atoms with van der Waals surface area (Å²) >= 11 is 0. The molecule has 0 bridgehead atoms. The van der Waals surface area contributed by atoms with E-state index >= 15 is 0 Å². The second kappa shape index (κ2) is 8.04. The number of aromatic carboxylic acids is 1. The zero-order valence-electron chi connectivity index (χ0n) is 12.5. The fourth-order valence-electron chi connectivity index (χ4n) is 2.01. The predicted octanol–water partition coefficient (Wildman–Crippen LogP) is 1.77. The van der Waals surface area contributed by atoms with Crippen LogP contribution in [0.2, 0.25) is 0 Å². The Kier molecular flexibility index (Phi) is 6.70. The number of carbonyl (C=O) groups is 1. The first kappa shape index (κ1) is 16.7. The average Bonchev–Trinajstić information content (AvgIpc) is 2.76. The molecule has 1 aromatic heterocycles. The van der Waals surface area contributed by atoms with E-state index in [4.69, 9.17) is 19.0 Å². The Morgan fingerprint density at radius 2 is 2.15 bits per heavy atom. The van der Waals surface area contributed by atoms with Crippen LogP contribution in [0.5, 0.6) is 0 Å². The minimum absolute atomic E-state index is 0.0245. The minimum atomic E-state index is -1.05. The molecule has 114 valence electrons. The monoisotopic (exact) mass is 285 g/mol. The first-order valence-electron chi connectivity index (χ1n) is 6.54. The zero-order valence-corrected chi connectivity index (χ0v) is 12.5. The highest BCUT2D eigenvalue weighted by atomic mass is 16.5. The summed E-state index contributed by atoms with van der Waals surface area (Å²) in [7, 11) is 3.32. The molecule has 0 aromatic carbocycles. The summed E-state index contributed by atoms with van der Waals surface area (Å²) in [5.41, 5.74) is 0.876. The van der Waals surface area contributed by atoms with Crippen molar-refractivity contribution in [1.29, 1.82) is 0 Å². The largest absolute Gasteiger partial charge is 0.475 e. The molecule has 0 fully saturated rings. The number of methoxy groups -OCH3 is 2. The third kappa shape index (κ3) is 4.63.